The number of esters is 1. The van der Waals surface area contributed by atoms with E-state index in [4.69, 9.17) is 4.74 Å². The van der Waals surface area contributed by atoms with Gasteiger partial charge in [-0.25, -0.2) is 4.79 Å². The summed E-state index contributed by atoms with van der Waals surface area (Å²) in [6.07, 6.45) is 1.47. The topological polar surface area (TPSA) is 59.2 Å². The summed E-state index contributed by atoms with van der Waals surface area (Å²) in [5.74, 6) is -0.303. The Balaban J connectivity index is 2.71. The molecule has 0 aromatic carbocycles. The Hall–Kier alpha value is -1.58. The molecule has 1 rings (SSSR count). The minimum absolute atomic E-state index is 0.0492. The van der Waals surface area contributed by atoms with Crippen molar-refractivity contribution in [3.05, 3.63) is 34.2 Å². The predicted octanol–water partition coefficient (Wildman–Crippen LogP) is 1.19. The van der Waals surface area contributed by atoms with Crippen LogP contribution in [0.4, 0.5) is 0 Å². The average molecular weight is 195 g/mol. The van der Waals surface area contributed by atoms with Crippen molar-refractivity contribution in [2.45, 2.75) is 13.8 Å². The fourth-order valence-electron chi connectivity index (χ4n) is 0.902. The van der Waals surface area contributed by atoms with Crippen LogP contribution in [0.3, 0.4) is 0 Å². The maximum Gasteiger partial charge on any atom is 0.343 e. The molecule has 0 bridgehead atoms. The second-order valence-corrected chi connectivity index (χ2v) is 3.41. The number of ether oxygens (including phenoxy) is 1. The summed E-state index contributed by atoms with van der Waals surface area (Å²) in [6, 6.07) is 3.04. The fourth-order valence-corrected chi connectivity index (χ4v) is 0.902. The second-order valence-electron chi connectivity index (χ2n) is 3.41. The number of H-pyrrole nitrogens is 1. The smallest absolute Gasteiger partial charge is 0.343 e. The Bertz CT molecular complexity index is 368. The second kappa shape index (κ2) is 4.60. The van der Waals surface area contributed by atoms with Gasteiger partial charge in [-0.15, -0.1) is 0 Å². The molecule has 0 saturated carbocycles. The van der Waals surface area contributed by atoms with Crippen LogP contribution in [0.25, 0.3) is 0 Å². The van der Waals surface area contributed by atoms with Gasteiger partial charge in [0, 0.05) is 6.20 Å². The Morgan fingerprint density at radius 1 is 1.57 bits per heavy atom. The minimum atomic E-state index is -0.569. The Morgan fingerprint density at radius 2 is 2.29 bits per heavy atom. The highest BCUT2D eigenvalue weighted by molar-refractivity contribution is 5.88. The van der Waals surface area contributed by atoms with Crippen molar-refractivity contribution >= 4 is 5.97 Å². The van der Waals surface area contributed by atoms with E-state index in [0.717, 1.165) is 0 Å². The number of rotatable bonds is 3. The summed E-state index contributed by atoms with van der Waals surface area (Å²) in [7, 11) is 0. The molecule has 1 N–H and O–H groups in total. The van der Waals surface area contributed by atoms with Crippen LogP contribution in [-0.4, -0.2) is 17.6 Å². The van der Waals surface area contributed by atoms with Gasteiger partial charge in [0.15, 0.2) is 0 Å². The number of aromatic amines is 1. The zero-order valence-electron chi connectivity index (χ0n) is 8.24. The third-order valence-corrected chi connectivity index (χ3v) is 1.59. The molecule has 0 fully saturated rings. The molecule has 4 heteroatoms. The van der Waals surface area contributed by atoms with E-state index < -0.39 is 11.5 Å². The molecule has 0 amide bonds. The molecule has 0 unspecified atom stereocenters. The zero-order chi connectivity index (χ0) is 10.6. The van der Waals surface area contributed by atoms with Gasteiger partial charge in [0.25, 0.3) is 5.56 Å². The molecule has 14 heavy (non-hydrogen) atoms. The standard InChI is InChI=1S/C10H13NO3/c1-7(2)6-14-10(13)8-4-3-5-11-9(8)12/h3-5,7H,6H2,1-2H3,(H,11,12). The van der Waals surface area contributed by atoms with Crippen molar-refractivity contribution in [3.8, 4) is 0 Å². The first-order chi connectivity index (χ1) is 6.61. The number of pyridine rings is 1. The summed E-state index contributed by atoms with van der Waals surface area (Å²) in [4.78, 5) is 24.9. The summed E-state index contributed by atoms with van der Waals surface area (Å²) in [5, 5.41) is 0. The highest BCUT2D eigenvalue weighted by Gasteiger charge is 2.11. The first-order valence-electron chi connectivity index (χ1n) is 4.46. The van der Waals surface area contributed by atoms with Gasteiger partial charge in [0.1, 0.15) is 5.56 Å². The van der Waals surface area contributed by atoms with Crippen molar-refractivity contribution < 1.29 is 9.53 Å². The van der Waals surface area contributed by atoms with Crippen molar-refractivity contribution in [1.29, 1.82) is 0 Å². The van der Waals surface area contributed by atoms with Gasteiger partial charge >= 0.3 is 5.97 Å². The molecule has 4 nitrogen and oxygen atoms in total. The van der Waals surface area contributed by atoms with Gasteiger partial charge in [-0.05, 0) is 18.1 Å². The molecular formula is C10H13NO3. The van der Waals surface area contributed by atoms with E-state index in [9.17, 15) is 9.59 Å². The SMILES string of the molecule is CC(C)COC(=O)c1ccc[nH]c1=O. The average Bonchev–Trinajstić information content (AvgIpc) is 2.15. The molecule has 1 aromatic rings. The molecule has 0 spiro atoms. The first kappa shape index (κ1) is 10.5. The highest BCUT2D eigenvalue weighted by Crippen LogP contribution is 1.98. The maximum atomic E-state index is 11.3. The van der Waals surface area contributed by atoms with Gasteiger partial charge in [-0.2, -0.15) is 0 Å². The largest absolute Gasteiger partial charge is 0.462 e. The molecule has 0 saturated heterocycles. The third-order valence-electron chi connectivity index (χ3n) is 1.59. The molecule has 0 aliphatic heterocycles. The van der Waals surface area contributed by atoms with E-state index in [0.29, 0.717) is 6.61 Å². The number of carbonyl (C=O) groups is 1. The van der Waals surface area contributed by atoms with Gasteiger partial charge in [-0.3, -0.25) is 4.79 Å². The molecule has 0 aliphatic carbocycles. The molecule has 0 atom stereocenters. The molecule has 0 radical (unpaired) electrons. The monoisotopic (exact) mass is 195 g/mol. The van der Waals surface area contributed by atoms with E-state index in [1.807, 2.05) is 13.8 Å². The summed E-state index contributed by atoms with van der Waals surface area (Å²) in [6.45, 7) is 4.19. The minimum Gasteiger partial charge on any atom is -0.462 e. The molecule has 1 aromatic heterocycles. The van der Waals surface area contributed by atoms with Crippen LogP contribution in [0.15, 0.2) is 23.1 Å². The van der Waals surface area contributed by atoms with Crippen molar-refractivity contribution in [1.82, 2.24) is 4.98 Å². The zero-order valence-corrected chi connectivity index (χ0v) is 8.24. The van der Waals surface area contributed by atoms with Crippen LogP contribution in [0.5, 0.6) is 0 Å². The predicted molar refractivity (Wildman–Crippen MR) is 52.2 cm³/mol. The van der Waals surface area contributed by atoms with Crippen molar-refractivity contribution in [2.75, 3.05) is 6.61 Å². The Morgan fingerprint density at radius 3 is 2.86 bits per heavy atom. The van der Waals surface area contributed by atoms with E-state index >= 15 is 0 Å². The van der Waals surface area contributed by atoms with Crippen LogP contribution >= 0.6 is 0 Å². The van der Waals surface area contributed by atoms with Crippen LogP contribution in [-0.2, 0) is 4.74 Å². The lowest BCUT2D eigenvalue weighted by atomic mass is 10.2. The van der Waals surface area contributed by atoms with Crippen molar-refractivity contribution in [2.24, 2.45) is 5.92 Å². The maximum absolute atomic E-state index is 11.3. The molecule has 1 heterocycles. The number of hydrogen-bond acceptors (Lipinski definition) is 3. The van der Waals surface area contributed by atoms with Gasteiger partial charge < -0.3 is 9.72 Å². The highest BCUT2D eigenvalue weighted by atomic mass is 16.5. The van der Waals surface area contributed by atoms with Crippen LogP contribution in [0.1, 0.15) is 24.2 Å². The van der Waals surface area contributed by atoms with Crippen LogP contribution in [0, 0.1) is 5.92 Å². The lowest BCUT2D eigenvalue weighted by molar-refractivity contribution is 0.0457. The van der Waals surface area contributed by atoms with E-state index in [1.165, 1.54) is 12.3 Å². The van der Waals surface area contributed by atoms with Crippen LogP contribution in [0.2, 0.25) is 0 Å². The van der Waals surface area contributed by atoms with E-state index in [2.05, 4.69) is 4.98 Å². The number of aromatic nitrogens is 1. The third kappa shape index (κ3) is 2.73. The quantitative estimate of drug-likeness (QED) is 0.737. The number of nitrogens with one attached hydrogen (secondary N) is 1. The lowest BCUT2D eigenvalue weighted by Crippen LogP contribution is -2.20. The van der Waals surface area contributed by atoms with Gasteiger partial charge in [0.05, 0.1) is 6.61 Å². The van der Waals surface area contributed by atoms with Gasteiger partial charge in [-0.1, -0.05) is 13.8 Å². The van der Waals surface area contributed by atoms with Gasteiger partial charge in [0.2, 0.25) is 0 Å². The Labute approximate surface area is 81.9 Å². The number of hydrogen-bond donors (Lipinski definition) is 1. The van der Waals surface area contributed by atoms with E-state index in [-0.39, 0.29) is 11.5 Å². The molecule has 0 aliphatic rings. The Kier molecular flexibility index (Phi) is 3.45. The van der Waals surface area contributed by atoms with Crippen molar-refractivity contribution in [3.63, 3.8) is 0 Å². The lowest BCUT2D eigenvalue weighted by Gasteiger charge is -2.05. The molecular weight excluding hydrogens is 182 g/mol. The summed E-state index contributed by atoms with van der Waals surface area (Å²) < 4.78 is 4.91. The number of carbonyl (C=O) groups excluding carboxylic acids is 1. The van der Waals surface area contributed by atoms with E-state index in [1.54, 1.807) is 6.07 Å². The fraction of sp³-hybridized carbons (Fsp3) is 0.400. The normalized spacial score (nSPS) is 10.2. The summed E-state index contributed by atoms with van der Waals surface area (Å²) in [5.41, 5.74) is -0.366. The van der Waals surface area contributed by atoms with Crippen LogP contribution < -0.4 is 5.56 Å². The first-order valence-corrected chi connectivity index (χ1v) is 4.46. The summed E-state index contributed by atoms with van der Waals surface area (Å²) >= 11 is 0. The molecule has 76 valence electrons.